The van der Waals surface area contributed by atoms with Crippen LogP contribution in [0, 0.1) is 11.8 Å². The first-order valence-electron chi connectivity index (χ1n) is 11.9. The molecule has 6 atom stereocenters. The van der Waals surface area contributed by atoms with Gasteiger partial charge in [0, 0.05) is 11.8 Å². The number of benzene rings is 1. The van der Waals surface area contributed by atoms with Crippen molar-refractivity contribution in [1.82, 2.24) is 30.5 Å². The minimum atomic E-state index is -0.763. The van der Waals surface area contributed by atoms with Crippen molar-refractivity contribution in [3.8, 4) is 0 Å². The molecule has 2 aromatic rings. The average Bonchev–Trinajstić information content (AvgIpc) is 3.59. The molecule has 2 bridgehead atoms. The third-order valence-electron chi connectivity index (χ3n) is 7.40. The molecule has 10 nitrogen and oxygen atoms in total. The summed E-state index contributed by atoms with van der Waals surface area (Å²) in [6.07, 6.45) is 2.29. The minimum absolute atomic E-state index is 0.0203. The lowest BCUT2D eigenvalue weighted by Crippen LogP contribution is -2.56. The molecule has 4 heterocycles. The number of nitrogens with one attached hydrogen (secondary N) is 2. The van der Waals surface area contributed by atoms with E-state index in [0.717, 1.165) is 23.9 Å². The number of amides is 3. The van der Waals surface area contributed by atoms with Crippen LogP contribution in [-0.2, 0) is 21.1 Å². The second kappa shape index (κ2) is 8.84. The molecule has 1 spiro atoms. The summed E-state index contributed by atoms with van der Waals surface area (Å²) >= 11 is 1.62. The summed E-state index contributed by atoms with van der Waals surface area (Å²) in [5.41, 5.74) is 1.53. The van der Waals surface area contributed by atoms with E-state index < -0.39 is 28.7 Å². The predicted octanol–water partition coefficient (Wildman–Crippen LogP) is 0.503. The molecule has 182 valence electrons. The van der Waals surface area contributed by atoms with E-state index in [1.165, 1.54) is 4.90 Å². The third-order valence-corrected chi connectivity index (χ3v) is 9.35. The molecule has 1 aromatic carbocycles. The highest BCUT2D eigenvalue weighted by molar-refractivity contribution is 8.02. The quantitative estimate of drug-likeness (QED) is 0.496. The lowest BCUT2D eigenvalue weighted by Gasteiger charge is -2.35. The van der Waals surface area contributed by atoms with E-state index >= 15 is 0 Å². The number of aliphatic hydroxyl groups excluding tert-OH is 1. The monoisotopic (exact) mass is 486 g/mol. The van der Waals surface area contributed by atoms with Crippen molar-refractivity contribution in [2.24, 2.45) is 11.8 Å². The van der Waals surface area contributed by atoms with E-state index in [2.05, 4.69) is 20.9 Å². The maximum atomic E-state index is 13.7. The van der Waals surface area contributed by atoms with Crippen LogP contribution in [0.15, 0.2) is 24.3 Å². The highest BCUT2D eigenvalue weighted by Crippen LogP contribution is 2.66. The Balaban J connectivity index is 1.43. The van der Waals surface area contributed by atoms with E-state index in [4.69, 9.17) is 0 Å². The molecule has 2 unspecified atom stereocenters. The first-order chi connectivity index (χ1) is 16.4. The van der Waals surface area contributed by atoms with Gasteiger partial charge in [-0.1, -0.05) is 24.3 Å². The van der Waals surface area contributed by atoms with Crippen LogP contribution in [0.4, 0.5) is 0 Å². The number of carbonyl (C=O) groups is 3. The van der Waals surface area contributed by atoms with Crippen LogP contribution in [0.2, 0.25) is 0 Å². The summed E-state index contributed by atoms with van der Waals surface area (Å²) < 4.78 is 0.938. The van der Waals surface area contributed by atoms with Crippen LogP contribution in [0.25, 0.3) is 11.0 Å². The van der Waals surface area contributed by atoms with Gasteiger partial charge in [-0.3, -0.25) is 14.4 Å². The Morgan fingerprint density at radius 1 is 1.29 bits per heavy atom. The summed E-state index contributed by atoms with van der Waals surface area (Å²) in [4.78, 5) is 41.9. The van der Waals surface area contributed by atoms with Crippen LogP contribution in [0.3, 0.4) is 0 Å². The summed E-state index contributed by atoms with van der Waals surface area (Å²) in [7, 11) is 0. The van der Waals surface area contributed by atoms with Gasteiger partial charge in [0.05, 0.1) is 34.7 Å². The zero-order valence-electron chi connectivity index (χ0n) is 19.3. The normalized spacial score (nSPS) is 30.6. The van der Waals surface area contributed by atoms with E-state index in [1.807, 2.05) is 31.2 Å². The Labute approximate surface area is 201 Å². The van der Waals surface area contributed by atoms with Gasteiger partial charge in [-0.05, 0) is 38.3 Å². The molecule has 11 heteroatoms. The number of thioether (sulfide) groups is 1. The molecular formula is C23H30N6O4S. The molecular weight excluding hydrogens is 456 g/mol. The number of likely N-dealkylation sites (tertiary alicyclic amines) is 1. The molecule has 1 aromatic heterocycles. The fourth-order valence-electron chi connectivity index (χ4n) is 5.90. The van der Waals surface area contributed by atoms with Gasteiger partial charge in [-0.2, -0.15) is 0 Å². The largest absolute Gasteiger partial charge is 0.394 e. The topological polar surface area (TPSA) is 129 Å². The van der Waals surface area contributed by atoms with Crippen LogP contribution >= 0.6 is 11.8 Å². The van der Waals surface area contributed by atoms with Crippen LogP contribution < -0.4 is 10.6 Å². The highest BCUT2D eigenvalue weighted by Gasteiger charge is 2.73. The number of rotatable bonds is 8. The fourth-order valence-corrected chi connectivity index (χ4v) is 8.11. The number of hydrogen-bond donors (Lipinski definition) is 3. The van der Waals surface area contributed by atoms with Gasteiger partial charge < -0.3 is 20.6 Å². The molecule has 0 aliphatic carbocycles. The van der Waals surface area contributed by atoms with Crippen molar-refractivity contribution in [2.75, 3.05) is 13.2 Å². The van der Waals surface area contributed by atoms with Gasteiger partial charge in [-0.25, -0.2) is 4.68 Å². The average molecular weight is 487 g/mol. The van der Waals surface area contributed by atoms with Gasteiger partial charge in [0.1, 0.15) is 18.2 Å². The summed E-state index contributed by atoms with van der Waals surface area (Å²) in [6.45, 7) is 4.14. The van der Waals surface area contributed by atoms with Crippen molar-refractivity contribution in [3.63, 3.8) is 0 Å². The molecule has 3 aliphatic heterocycles. The Hall–Kier alpha value is -2.66. The molecule has 3 fully saturated rings. The summed E-state index contributed by atoms with van der Waals surface area (Å²) in [6, 6.07) is 6.19. The molecule has 3 N–H and O–H groups in total. The lowest BCUT2D eigenvalue weighted by atomic mass is 9.70. The number of para-hydroxylation sites is 1. The van der Waals surface area contributed by atoms with Crippen molar-refractivity contribution < 1.29 is 19.5 Å². The van der Waals surface area contributed by atoms with Crippen LogP contribution in [0.1, 0.15) is 33.1 Å². The fraction of sp³-hybridized carbons (Fsp3) is 0.609. The maximum absolute atomic E-state index is 13.7. The molecule has 3 saturated heterocycles. The van der Waals surface area contributed by atoms with Gasteiger partial charge in [0.2, 0.25) is 17.7 Å². The molecule has 0 radical (unpaired) electrons. The van der Waals surface area contributed by atoms with Gasteiger partial charge in [0.15, 0.2) is 0 Å². The van der Waals surface area contributed by atoms with E-state index in [0.29, 0.717) is 13.0 Å². The zero-order chi connectivity index (χ0) is 24.0. The minimum Gasteiger partial charge on any atom is -0.394 e. The molecule has 34 heavy (non-hydrogen) atoms. The smallest absolute Gasteiger partial charge is 0.245 e. The first-order valence-corrected chi connectivity index (χ1v) is 12.8. The van der Waals surface area contributed by atoms with Crippen molar-refractivity contribution in [1.29, 1.82) is 0 Å². The van der Waals surface area contributed by atoms with Gasteiger partial charge >= 0.3 is 0 Å². The van der Waals surface area contributed by atoms with Crippen molar-refractivity contribution in [3.05, 3.63) is 24.3 Å². The molecule has 0 saturated carbocycles. The Morgan fingerprint density at radius 3 is 2.85 bits per heavy atom. The van der Waals surface area contributed by atoms with Gasteiger partial charge in [0.25, 0.3) is 0 Å². The summed E-state index contributed by atoms with van der Waals surface area (Å²) in [5, 5.41) is 24.1. The summed E-state index contributed by atoms with van der Waals surface area (Å²) in [5.74, 6) is -1.63. The first kappa shape index (κ1) is 23.1. The molecule has 3 amide bonds. The number of fused-ring (bicyclic) bond motifs is 2. The van der Waals surface area contributed by atoms with Gasteiger partial charge in [-0.15, -0.1) is 16.9 Å². The number of carbonyl (C=O) groups excluding carboxylic acids is 3. The van der Waals surface area contributed by atoms with E-state index in [-0.39, 0.29) is 36.2 Å². The van der Waals surface area contributed by atoms with E-state index in [1.54, 1.807) is 23.4 Å². The number of aromatic nitrogens is 3. The number of hydrogen-bond acceptors (Lipinski definition) is 7. The molecule has 5 rings (SSSR count). The Morgan fingerprint density at radius 2 is 2.09 bits per heavy atom. The van der Waals surface area contributed by atoms with Crippen molar-refractivity contribution in [2.45, 2.75) is 61.9 Å². The van der Waals surface area contributed by atoms with Crippen molar-refractivity contribution >= 4 is 40.5 Å². The second-order valence-corrected chi connectivity index (χ2v) is 11.0. The predicted molar refractivity (Wildman–Crippen MR) is 126 cm³/mol. The Bertz CT molecular complexity index is 1120. The SMILES string of the molecule is CCCNC(=O)[C@@H]1[C@H]2C(=O)N([C@H](C)CO)C(C(=O)NCn3nnc4ccccc43)C23CC[C@H]1S3. The zero-order valence-corrected chi connectivity index (χ0v) is 20.1. The molecule has 3 aliphatic rings. The number of nitrogens with zero attached hydrogens (tertiary/aromatic N) is 4. The Kier molecular flexibility index (Phi) is 6.01. The third kappa shape index (κ3) is 3.39. The second-order valence-electron chi connectivity index (χ2n) is 9.40. The van der Waals surface area contributed by atoms with E-state index in [9.17, 15) is 19.5 Å². The van der Waals surface area contributed by atoms with Crippen LogP contribution in [0.5, 0.6) is 0 Å². The highest BCUT2D eigenvalue weighted by atomic mass is 32.2. The lowest BCUT2D eigenvalue weighted by molar-refractivity contribution is -0.142. The standard InChI is InChI=1S/C23H30N6O4S/c1-3-10-24-20(31)17-16-8-9-23(34-16)18(17)22(33)29(13(2)11-30)19(23)21(32)25-12-28-15-7-5-4-6-14(15)26-27-28/h4-7,13,16-19,30H,3,8-12H2,1-2H3,(H,24,31)(H,25,32)/t13-,16-,17+,18+,19?,23?/m1/s1. The number of aliphatic hydroxyl groups is 1. The van der Waals surface area contributed by atoms with Crippen LogP contribution in [-0.4, -0.2) is 78.0 Å². The maximum Gasteiger partial charge on any atom is 0.245 e.